The van der Waals surface area contributed by atoms with Crippen LogP contribution in [0.2, 0.25) is 0 Å². The fraction of sp³-hybridized carbons (Fsp3) is 0.500. The van der Waals surface area contributed by atoms with Crippen LogP contribution in [-0.2, 0) is 18.6 Å². The highest BCUT2D eigenvalue weighted by molar-refractivity contribution is 6.16. The third kappa shape index (κ3) is 4.52. The molecule has 0 aromatic rings. The number of halogens is 1. The van der Waals surface area contributed by atoms with Crippen LogP contribution in [0, 0.1) is 0 Å². The largest absolute Gasteiger partial charge is 0.463 e. The van der Waals surface area contributed by atoms with Crippen molar-refractivity contribution < 1.29 is 18.6 Å². The topological polar surface area (TPSA) is 52.6 Å². The average Bonchev–Trinajstić information content (AvgIpc) is 2.13. The number of hydrogen-bond acceptors (Lipinski definition) is 4. The van der Waals surface area contributed by atoms with Crippen molar-refractivity contribution in [2.75, 3.05) is 6.61 Å². The van der Waals surface area contributed by atoms with Crippen LogP contribution in [-0.4, -0.2) is 18.5 Å². The van der Waals surface area contributed by atoms with Gasteiger partial charge in [0.25, 0.3) is 0 Å². The highest BCUT2D eigenvalue weighted by Gasteiger charge is 2.10. The Morgan fingerprint density at radius 2 is 2.00 bits per heavy atom. The Hall–Kier alpha value is -1.03. The van der Waals surface area contributed by atoms with Crippen LogP contribution in [0.15, 0.2) is 11.6 Å². The number of carbonyl (C=O) groups excluding carboxylic acids is 2. The Bertz CT molecular complexity index is 222. The highest BCUT2D eigenvalue weighted by atomic mass is 35.5. The van der Waals surface area contributed by atoms with E-state index in [-0.39, 0.29) is 12.2 Å². The lowest BCUT2D eigenvalue weighted by molar-refractivity contribution is -0.138. The smallest absolute Gasteiger partial charge is 0.352 e. The first-order valence-electron chi connectivity index (χ1n) is 3.85. The molecule has 0 rings (SSSR count). The summed E-state index contributed by atoms with van der Waals surface area (Å²) in [6.45, 7) is 3.65. The first-order chi connectivity index (χ1) is 6.15. The quantitative estimate of drug-likeness (QED) is 0.518. The molecular weight excluding hydrogens is 196 g/mol. The van der Waals surface area contributed by atoms with Gasteiger partial charge in [-0.1, -0.05) is 6.92 Å². The van der Waals surface area contributed by atoms with E-state index in [0.29, 0.717) is 6.42 Å². The van der Waals surface area contributed by atoms with Gasteiger partial charge in [-0.3, -0.25) is 0 Å². The Kier molecular flexibility index (Phi) is 5.97. The van der Waals surface area contributed by atoms with E-state index >= 15 is 0 Å². The summed E-state index contributed by atoms with van der Waals surface area (Å²) < 4.78 is 8.54. The third-order valence-corrected chi connectivity index (χ3v) is 1.43. The maximum atomic E-state index is 10.9. The molecule has 0 unspecified atom stereocenters. The predicted octanol–water partition coefficient (Wildman–Crippen LogP) is 1.58. The van der Waals surface area contributed by atoms with E-state index in [1.165, 1.54) is 0 Å². The van der Waals surface area contributed by atoms with Gasteiger partial charge in [0.1, 0.15) is 11.9 Å². The Labute approximate surface area is 81.6 Å². The molecule has 0 radical (unpaired) electrons. The molecule has 0 heterocycles. The lowest BCUT2D eigenvalue weighted by Crippen LogP contribution is -2.07. The number of hydrogen-bond donors (Lipinski definition) is 0. The van der Waals surface area contributed by atoms with E-state index in [1.54, 1.807) is 13.8 Å². The molecule has 0 fully saturated rings. The van der Waals surface area contributed by atoms with Gasteiger partial charge >= 0.3 is 11.9 Å². The van der Waals surface area contributed by atoms with E-state index < -0.39 is 11.9 Å². The van der Waals surface area contributed by atoms with Gasteiger partial charge in [-0.15, -0.1) is 0 Å². The Morgan fingerprint density at radius 1 is 1.38 bits per heavy atom. The maximum absolute atomic E-state index is 10.9. The Balaban J connectivity index is 4.37. The van der Waals surface area contributed by atoms with Crippen molar-refractivity contribution in [3.05, 3.63) is 11.6 Å². The molecule has 0 atom stereocenters. The van der Waals surface area contributed by atoms with E-state index in [9.17, 15) is 9.59 Å². The van der Waals surface area contributed by atoms with E-state index in [0.717, 1.165) is 6.08 Å². The van der Waals surface area contributed by atoms with E-state index in [1.807, 2.05) is 0 Å². The number of carbonyl (C=O) groups is 2. The minimum Gasteiger partial charge on any atom is -0.463 e. The SMILES string of the molecule is CCOC(=O)/C=C(/CC)C(=O)OCl. The summed E-state index contributed by atoms with van der Waals surface area (Å²) in [6.07, 6.45) is 1.44. The maximum Gasteiger partial charge on any atom is 0.352 e. The number of rotatable bonds is 4. The van der Waals surface area contributed by atoms with Gasteiger partial charge in [-0.2, -0.15) is 0 Å². The van der Waals surface area contributed by atoms with Gasteiger partial charge in [0.2, 0.25) is 0 Å². The summed E-state index contributed by atoms with van der Waals surface area (Å²) in [4.78, 5) is 21.7. The minimum atomic E-state index is -0.725. The zero-order valence-electron chi connectivity index (χ0n) is 7.50. The summed E-state index contributed by atoms with van der Waals surface area (Å²) >= 11 is 4.84. The number of ether oxygens (including phenoxy) is 1. The second-order valence-corrected chi connectivity index (χ2v) is 2.29. The van der Waals surface area contributed by atoms with Crippen LogP contribution in [0.4, 0.5) is 0 Å². The van der Waals surface area contributed by atoms with Crippen LogP contribution >= 0.6 is 11.9 Å². The molecule has 5 heteroatoms. The minimum absolute atomic E-state index is 0.188. The van der Waals surface area contributed by atoms with Crippen molar-refractivity contribution in [3.8, 4) is 0 Å². The van der Waals surface area contributed by atoms with Crippen molar-refractivity contribution >= 4 is 23.8 Å². The molecule has 0 N–H and O–H groups in total. The standard InChI is InChI=1S/C8H11ClO4/c1-3-6(8(11)13-9)5-7(10)12-4-2/h5H,3-4H2,1-2H3/b6-5-. The van der Waals surface area contributed by atoms with Gasteiger partial charge in [0.15, 0.2) is 0 Å². The molecule has 0 aromatic heterocycles. The molecule has 0 aromatic carbocycles. The average molecular weight is 207 g/mol. The highest BCUT2D eigenvalue weighted by Crippen LogP contribution is 2.05. The van der Waals surface area contributed by atoms with Crippen molar-refractivity contribution in [2.45, 2.75) is 20.3 Å². The molecule has 0 saturated carbocycles. The van der Waals surface area contributed by atoms with Crippen LogP contribution in [0.1, 0.15) is 20.3 Å². The molecule has 0 aliphatic carbocycles. The molecule has 0 saturated heterocycles. The first-order valence-corrected chi connectivity index (χ1v) is 4.16. The van der Waals surface area contributed by atoms with Crippen molar-refractivity contribution in [1.29, 1.82) is 0 Å². The Morgan fingerprint density at radius 3 is 2.38 bits per heavy atom. The molecule has 0 bridgehead atoms. The molecule has 0 spiro atoms. The zero-order chi connectivity index (χ0) is 10.3. The summed E-state index contributed by atoms with van der Waals surface area (Å²) in [5.74, 6) is -1.29. The molecule has 0 amide bonds. The van der Waals surface area contributed by atoms with Crippen molar-refractivity contribution in [3.63, 3.8) is 0 Å². The predicted molar refractivity (Wildman–Crippen MR) is 47.0 cm³/mol. The van der Waals surface area contributed by atoms with Gasteiger partial charge in [-0.25, -0.2) is 9.59 Å². The van der Waals surface area contributed by atoms with Crippen LogP contribution < -0.4 is 0 Å². The summed E-state index contributed by atoms with van der Waals surface area (Å²) in [6, 6.07) is 0. The fourth-order valence-electron chi connectivity index (χ4n) is 0.681. The first kappa shape index (κ1) is 12.0. The lowest BCUT2D eigenvalue weighted by atomic mass is 10.2. The summed E-state index contributed by atoms with van der Waals surface area (Å²) in [5.41, 5.74) is 0.188. The molecule has 74 valence electrons. The molecule has 0 aliphatic rings. The number of esters is 1. The van der Waals surface area contributed by atoms with Gasteiger partial charge in [0.05, 0.1) is 6.61 Å². The van der Waals surface area contributed by atoms with Crippen LogP contribution in [0.5, 0.6) is 0 Å². The molecule has 13 heavy (non-hydrogen) atoms. The fourth-order valence-corrected chi connectivity index (χ4v) is 0.780. The normalized spacial score (nSPS) is 10.8. The van der Waals surface area contributed by atoms with Crippen LogP contribution in [0.3, 0.4) is 0 Å². The summed E-state index contributed by atoms with van der Waals surface area (Å²) in [5, 5.41) is 0. The van der Waals surface area contributed by atoms with Crippen molar-refractivity contribution in [2.24, 2.45) is 0 Å². The van der Waals surface area contributed by atoms with Crippen molar-refractivity contribution in [1.82, 2.24) is 0 Å². The molecule has 0 aliphatic heterocycles. The molecular formula is C8H11ClO4. The van der Waals surface area contributed by atoms with Gasteiger partial charge in [0, 0.05) is 11.6 Å². The lowest BCUT2D eigenvalue weighted by Gasteiger charge is -1.99. The summed E-state index contributed by atoms with van der Waals surface area (Å²) in [7, 11) is 0. The second kappa shape index (κ2) is 6.48. The van der Waals surface area contributed by atoms with E-state index in [2.05, 4.69) is 9.03 Å². The molecule has 4 nitrogen and oxygen atoms in total. The monoisotopic (exact) mass is 206 g/mol. The second-order valence-electron chi connectivity index (χ2n) is 2.14. The van der Waals surface area contributed by atoms with Crippen LogP contribution in [0.25, 0.3) is 0 Å². The van der Waals surface area contributed by atoms with Gasteiger partial charge < -0.3 is 9.03 Å². The van der Waals surface area contributed by atoms with Gasteiger partial charge in [-0.05, 0) is 13.3 Å². The zero-order valence-corrected chi connectivity index (χ0v) is 8.26. The third-order valence-electron chi connectivity index (χ3n) is 1.29. The van der Waals surface area contributed by atoms with E-state index in [4.69, 9.17) is 11.9 Å².